The highest BCUT2D eigenvalue weighted by atomic mass is 35.5. The second kappa shape index (κ2) is 6.62. The lowest BCUT2D eigenvalue weighted by Crippen LogP contribution is -2.31. The monoisotopic (exact) mass is 255 g/mol. The van der Waals surface area contributed by atoms with Gasteiger partial charge >= 0.3 is 5.97 Å². The van der Waals surface area contributed by atoms with Crippen molar-refractivity contribution in [2.24, 2.45) is 0 Å². The number of carboxylic acids is 1. The molecule has 0 saturated carbocycles. The van der Waals surface area contributed by atoms with Gasteiger partial charge in [-0.3, -0.25) is 4.79 Å². The summed E-state index contributed by atoms with van der Waals surface area (Å²) in [6.45, 7) is 6.31. The summed E-state index contributed by atoms with van der Waals surface area (Å²) in [5, 5.41) is 9.90. The van der Waals surface area contributed by atoms with Crippen LogP contribution in [0.3, 0.4) is 0 Å². The van der Waals surface area contributed by atoms with Gasteiger partial charge < -0.3 is 10.0 Å². The second-order valence-corrected chi connectivity index (χ2v) is 4.36. The molecule has 0 aliphatic carbocycles. The quantitative estimate of drug-likeness (QED) is 0.850. The molecule has 1 unspecified atom stereocenters. The van der Waals surface area contributed by atoms with E-state index >= 15 is 0 Å². The minimum Gasteiger partial charge on any atom is -0.481 e. The van der Waals surface area contributed by atoms with Crippen molar-refractivity contribution in [3.63, 3.8) is 0 Å². The van der Waals surface area contributed by atoms with Crippen LogP contribution in [0.2, 0.25) is 5.02 Å². The lowest BCUT2D eigenvalue weighted by Gasteiger charge is -2.22. The third kappa shape index (κ3) is 4.02. The number of carboxylic acid groups (broad SMARTS) is 1. The van der Waals surface area contributed by atoms with Gasteiger partial charge in [-0.15, -0.1) is 0 Å². The van der Waals surface area contributed by atoms with Crippen molar-refractivity contribution in [2.75, 3.05) is 19.6 Å². The van der Waals surface area contributed by atoms with Crippen LogP contribution in [0.15, 0.2) is 24.3 Å². The van der Waals surface area contributed by atoms with Gasteiger partial charge in [-0.1, -0.05) is 37.6 Å². The van der Waals surface area contributed by atoms with E-state index in [2.05, 4.69) is 4.90 Å². The molecule has 3 nitrogen and oxygen atoms in total. The van der Waals surface area contributed by atoms with E-state index in [0.29, 0.717) is 11.6 Å². The van der Waals surface area contributed by atoms with Crippen LogP contribution in [0, 0.1) is 0 Å². The van der Waals surface area contributed by atoms with Gasteiger partial charge in [-0.25, -0.2) is 0 Å². The van der Waals surface area contributed by atoms with E-state index in [9.17, 15) is 9.90 Å². The molecule has 0 heterocycles. The average Bonchev–Trinajstić information content (AvgIpc) is 2.32. The molecule has 0 aliphatic rings. The smallest absolute Gasteiger partial charge is 0.312 e. The standard InChI is InChI=1S/C13H18ClNO2/c1-3-15(4-2)9-12(13(16)17)10-5-7-11(14)8-6-10/h5-8,12H,3-4,9H2,1-2H3,(H,16,17). The molecule has 17 heavy (non-hydrogen) atoms. The lowest BCUT2D eigenvalue weighted by atomic mass is 9.98. The molecule has 1 aromatic rings. The number of benzene rings is 1. The molecule has 0 fully saturated rings. The zero-order chi connectivity index (χ0) is 12.8. The van der Waals surface area contributed by atoms with Gasteiger partial charge in [0, 0.05) is 11.6 Å². The Kier molecular flexibility index (Phi) is 5.45. The van der Waals surface area contributed by atoms with Crippen LogP contribution in [0.5, 0.6) is 0 Å². The molecule has 4 heteroatoms. The first-order chi connectivity index (χ1) is 8.08. The molecule has 0 aliphatic heterocycles. The Balaban J connectivity index is 2.85. The van der Waals surface area contributed by atoms with Crippen molar-refractivity contribution in [2.45, 2.75) is 19.8 Å². The molecule has 0 spiro atoms. The van der Waals surface area contributed by atoms with Crippen LogP contribution in [0.25, 0.3) is 0 Å². The van der Waals surface area contributed by atoms with Crippen molar-refractivity contribution < 1.29 is 9.90 Å². The topological polar surface area (TPSA) is 40.5 Å². The van der Waals surface area contributed by atoms with Crippen LogP contribution in [-0.4, -0.2) is 35.6 Å². The molecular formula is C13H18ClNO2. The predicted octanol–water partition coefficient (Wildman–Crippen LogP) is 2.85. The van der Waals surface area contributed by atoms with E-state index in [4.69, 9.17) is 11.6 Å². The number of rotatable bonds is 6. The minimum absolute atomic E-state index is 0.493. The van der Waals surface area contributed by atoms with Gasteiger partial charge in [0.1, 0.15) is 0 Å². The predicted molar refractivity (Wildman–Crippen MR) is 69.6 cm³/mol. The molecule has 0 amide bonds. The van der Waals surface area contributed by atoms with Crippen molar-refractivity contribution in [3.8, 4) is 0 Å². The van der Waals surface area contributed by atoms with Crippen molar-refractivity contribution >= 4 is 17.6 Å². The van der Waals surface area contributed by atoms with Gasteiger partial charge in [-0.2, -0.15) is 0 Å². The second-order valence-electron chi connectivity index (χ2n) is 3.93. The first-order valence-corrected chi connectivity index (χ1v) is 6.16. The molecule has 1 rings (SSSR count). The molecule has 0 aromatic heterocycles. The Morgan fingerprint density at radius 3 is 2.24 bits per heavy atom. The fourth-order valence-electron chi connectivity index (χ4n) is 1.76. The van der Waals surface area contributed by atoms with Gasteiger partial charge in [0.2, 0.25) is 0 Å². The number of hydrogen-bond acceptors (Lipinski definition) is 2. The highest BCUT2D eigenvalue weighted by molar-refractivity contribution is 6.30. The largest absolute Gasteiger partial charge is 0.481 e. The summed E-state index contributed by atoms with van der Waals surface area (Å²) < 4.78 is 0. The Hall–Kier alpha value is -1.06. The highest BCUT2D eigenvalue weighted by Crippen LogP contribution is 2.20. The number of nitrogens with zero attached hydrogens (tertiary/aromatic N) is 1. The van der Waals surface area contributed by atoms with E-state index in [1.165, 1.54) is 0 Å². The zero-order valence-corrected chi connectivity index (χ0v) is 10.9. The molecule has 94 valence electrons. The average molecular weight is 256 g/mol. The Morgan fingerprint density at radius 1 is 1.29 bits per heavy atom. The number of carbonyl (C=O) groups is 1. The number of halogens is 1. The zero-order valence-electron chi connectivity index (χ0n) is 10.2. The summed E-state index contributed by atoms with van der Waals surface area (Å²) in [6, 6.07) is 7.03. The maximum Gasteiger partial charge on any atom is 0.312 e. The first kappa shape index (κ1) is 14.0. The van der Waals surface area contributed by atoms with Gasteiger partial charge in [0.25, 0.3) is 0 Å². The SMILES string of the molecule is CCN(CC)CC(C(=O)O)c1ccc(Cl)cc1. The summed E-state index contributed by atoms with van der Waals surface area (Å²) >= 11 is 5.80. The van der Waals surface area contributed by atoms with Gasteiger partial charge in [-0.05, 0) is 30.8 Å². The van der Waals surface area contributed by atoms with E-state index in [-0.39, 0.29) is 0 Å². The normalized spacial score (nSPS) is 12.7. The Labute approximate surface area is 107 Å². The number of likely N-dealkylation sites (N-methyl/N-ethyl adjacent to an activating group) is 1. The van der Waals surface area contributed by atoms with Crippen molar-refractivity contribution in [1.29, 1.82) is 0 Å². The molecule has 0 radical (unpaired) electrons. The summed E-state index contributed by atoms with van der Waals surface area (Å²) in [5.41, 5.74) is 0.800. The summed E-state index contributed by atoms with van der Waals surface area (Å²) in [4.78, 5) is 13.4. The summed E-state index contributed by atoms with van der Waals surface area (Å²) in [6.07, 6.45) is 0. The maximum atomic E-state index is 11.3. The van der Waals surface area contributed by atoms with E-state index in [0.717, 1.165) is 18.7 Å². The number of hydrogen-bond donors (Lipinski definition) is 1. The molecule has 0 bridgehead atoms. The number of aliphatic carboxylic acids is 1. The molecule has 0 saturated heterocycles. The van der Waals surface area contributed by atoms with E-state index in [1.54, 1.807) is 24.3 Å². The van der Waals surface area contributed by atoms with Crippen LogP contribution in [-0.2, 0) is 4.79 Å². The van der Waals surface area contributed by atoms with Crippen LogP contribution in [0.4, 0.5) is 0 Å². The van der Waals surface area contributed by atoms with E-state index in [1.807, 2.05) is 13.8 Å². The van der Waals surface area contributed by atoms with Gasteiger partial charge in [0.05, 0.1) is 5.92 Å². The van der Waals surface area contributed by atoms with Crippen LogP contribution in [0.1, 0.15) is 25.3 Å². The molecule has 1 atom stereocenters. The molecular weight excluding hydrogens is 238 g/mol. The first-order valence-electron chi connectivity index (χ1n) is 5.79. The fraction of sp³-hybridized carbons (Fsp3) is 0.462. The third-order valence-corrected chi connectivity index (χ3v) is 3.16. The summed E-state index contributed by atoms with van der Waals surface area (Å²) in [7, 11) is 0. The Bertz CT molecular complexity index is 360. The fourth-order valence-corrected chi connectivity index (χ4v) is 1.89. The third-order valence-electron chi connectivity index (χ3n) is 2.91. The van der Waals surface area contributed by atoms with Gasteiger partial charge in [0.15, 0.2) is 0 Å². The van der Waals surface area contributed by atoms with Crippen LogP contribution < -0.4 is 0 Å². The summed E-state index contributed by atoms with van der Waals surface area (Å²) in [5.74, 6) is -1.29. The maximum absolute atomic E-state index is 11.3. The van der Waals surface area contributed by atoms with Crippen LogP contribution >= 0.6 is 11.6 Å². The molecule has 1 aromatic carbocycles. The van der Waals surface area contributed by atoms with Crippen molar-refractivity contribution in [3.05, 3.63) is 34.9 Å². The Morgan fingerprint density at radius 2 is 1.82 bits per heavy atom. The minimum atomic E-state index is -0.792. The van der Waals surface area contributed by atoms with E-state index < -0.39 is 11.9 Å². The lowest BCUT2D eigenvalue weighted by molar-refractivity contribution is -0.139. The highest BCUT2D eigenvalue weighted by Gasteiger charge is 2.21. The van der Waals surface area contributed by atoms with Crippen molar-refractivity contribution in [1.82, 2.24) is 4.90 Å². The molecule has 1 N–H and O–H groups in total.